The van der Waals surface area contributed by atoms with E-state index in [2.05, 4.69) is 15.7 Å². The number of hydrazine groups is 1. The van der Waals surface area contributed by atoms with Crippen LogP contribution in [0.5, 0.6) is 0 Å². The van der Waals surface area contributed by atoms with Crippen LogP contribution < -0.4 is 16.6 Å². The molecule has 0 spiro atoms. The third-order valence-electron chi connectivity index (χ3n) is 2.68. The number of hydrogen-bond donors (Lipinski definition) is 3. The second-order valence-electron chi connectivity index (χ2n) is 3.89. The summed E-state index contributed by atoms with van der Waals surface area (Å²) in [4.78, 5) is 4.30. The van der Waals surface area contributed by atoms with Gasteiger partial charge < -0.3 is 14.8 Å². The Hall–Kier alpha value is -0.850. The summed E-state index contributed by atoms with van der Waals surface area (Å²) in [6.45, 7) is 1.43. The summed E-state index contributed by atoms with van der Waals surface area (Å²) in [5, 5.41) is 3.24. The van der Waals surface area contributed by atoms with Crippen LogP contribution >= 0.6 is 0 Å². The molecule has 16 heavy (non-hydrogen) atoms. The molecule has 0 bridgehead atoms. The van der Waals surface area contributed by atoms with Gasteiger partial charge in [0, 0.05) is 33.4 Å². The zero-order valence-electron chi connectivity index (χ0n) is 10.0. The van der Waals surface area contributed by atoms with E-state index in [1.807, 2.05) is 0 Å². The zero-order chi connectivity index (χ0) is 11.8. The molecule has 0 aromatic carbocycles. The molecule has 1 saturated carbocycles. The molecule has 0 atom stereocenters. The summed E-state index contributed by atoms with van der Waals surface area (Å²) >= 11 is 0. The van der Waals surface area contributed by atoms with Crippen LogP contribution in [-0.2, 0) is 9.47 Å². The Labute approximate surface area is 96.6 Å². The van der Waals surface area contributed by atoms with E-state index < -0.39 is 0 Å². The number of ether oxygens (including phenoxy) is 2. The highest BCUT2D eigenvalue weighted by Crippen LogP contribution is 2.22. The smallest absolute Gasteiger partial charge is 0.205 e. The van der Waals surface area contributed by atoms with Gasteiger partial charge in [-0.15, -0.1) is 0 Å². The Kier molecular flexibility index (Phi) is 6.14. The molecule has 0 saturated heterocycles. The molecule has 0 aliphatic heterocycles. The van der Waals surface area contributed by atoms with Gasteiger partial charge in [-0.1, -0.05) is 0 Å². The van der Waals surface area contributed by atoms with Crippen molar-refractivity contribution in [1.82, 2.24) is 10.7 Å². The molecule has 4 N–H and O–H groups in total. The van der Waals surface area contributed by atoms with Gasteiger partial charge in [0.1, 0.15) is 0 Å². The standard InChI is InChI=1S/C10H22N4O2/c1-15-5-3-4-12-10(14-11)13-8-6-9(7-8)16-2/h8-9H,3-7,11H2,1-2H3,(H2,12,13,14). The quantitative estimate of drug-likeness (QED) is 0.190. The predicted octanol–water partition coefficient (Wildman–Crippen LogP) is -0.391. The fourth-order valence-corrected chi connectivity index (χ4v) is 1.60. The zero-order valence-corrected chi connectivity index (χ0v) is 10.0. The van der Waals surface area contributed by atoms with Crippen LogP contribution in [0.25, 0.3) is 0 Å². The number of nitrogens with two attached hydrogens (primary N) is 1. The van der Waals surface area contributed by atoms with Gasteiger partial charge in [-0.05, 0) is 19.3 Å². The van der Waals surface area contributed by atoms with Gasteiger partial charge in [-0.2, -0.15) is 0 Å². The van der Waals surface area contributed by atoms with Crippen molar-refractivity contribution in [1.29, 1.82) is 0 Å². The van der Waals surface area contributed by atoms with Crippen molar-refractivity contribution in [2.45, 2.75) is 31.4 Å². The number of methoxy groups -OCH3 is 2. The van der Waals surface area contributed by atoms with Crippen molar-refractivity contribution in [3.05, 3.63) is 0 Å². The van der Waals surface area contributed by atoms with E-state index in [4.69, 9.17) is 15.3 Å². The SMILES string of the molecule is COCCCN=C(NN)NC1CC(OC)C1. The minimum absolute atomic E-state index is 0.380. The summed E-state index contributed by atoms with van der Waals surface area (Å²) in [5.74, 6) is 6.02. The molecule has 1 rings (SSSR count). The van der Waals surface area contributed by atoms with E-state index in [1.54, 1.807) is 14.2 Å². The first-order chi connectivity index (χ1) is 7.80. The topological polar surface area (TPSA) is 80.9 Å². The molecule has 6 heteroatoms. The first-order valence-electron chi connectivity index (χ1n) is 5.59. The molecule has 1 aliphatic carbocycles. The highest BCUT2D eigenvalue weighted by molar-refractivity contribution is 5.79. The third-order valence-corrected chi connectivity index (χ3v) is 2.68. The lowest BCUT2D eigenvalue weighted by molar-refractivity contribution is 0.0224. The molecule has 6 nitrogen and oxygen atoms in total. The number of nitrogens with zero attached hydrogens (tertiary/aromatic N) is 1. The van der Waals surface area contributed by atoms with Gasteiger partial charge in [-0.25, -0.2) is 5.84 Å². The van der Waals surface area contributed by atoms with Crippen LogP contribution in [0.4, 0.5) is 0 Å². The molecule has 1 aliphatic rings. The number of guanidine groups is 1. The number of aliphatic imine (C=N–C) groups is 1. The molecule has 0 radical (unpaired) electrons. The number of nitrogens with one attached hydrogen (secondary N) is 2. The second kappa shape index (κ2) is 7.43. The minimum atomic E-state index is 0.380. The maximum atomic E-state index is 5.38. The summed E-state index contributed by atoms with van der Waals surface area (Å²) in [5.41, 5.74) is 2.57. The lowest BCUT2D eigenvalue weighted by Crippen LogP contribution is -2.53. The van der Waals surface area contributed by atoms with Crippen molar-refractivity contribution in [2.24, 2.45) is 10.8 Å². The lowest BCUT2D eigenvalue weighted by Gasteiger charge is -2.35. The normalized spacial score (nSPS) is 25.1. The van der Waals surface area contributed by atoms with Crippen LogP contribution in [-0.4, -0.2) is 45.5 Å². The van der Waals surface area contributed by atoms with E-state index in [0.717, 1.165) is 25.9 Å². The third kappa shape index (κ3) is 4.34. The molecule has 94 valence electrons. The van der Waals surface area contributed by atoms with Crippen molar-refractivity contribution in [2.75, 3.05) is 27.4 Å². The molecule has 0 amide bonds. The summed E-state index contributed by atoms with van der Waals surface area (Å²) in [6.07, 6.45) is 3.30. The molecule has 0 aromatic rings. The van der Waals surface area contributed by atoms with Crippen molar-refractivity contribution < 1.29 is 9.47 Å². The van der Waals surface area contributed by atoms with E-state index in [9.17, 15) is 0 Å². The predicted molar refractivity (Wildman–Crippen MR) is 63.1 cm³/mol. The summed E-state index contributed by atoms with van der Waals surface area (Å²) in [7, 11) is 3.42. The van der Waals surface area contributed by atoms with Gasteiger partial charge in [0.15, 0.2) is 0 Å². The molecular weight excluding hydrogens is 208 g/mol. The van der Waals surface area contributed by atoms with Gasteiger partial charge in [0.2, 0.25) is 5.96 Å². The molecule has 1 fully saturated rings. The van der Waals surface area contributed by atoms with Gasteiger partial charge in [0.05, 0.1) is 6.10 Å². The summed E-state index contributed by atoms with van der Waals surface area (Å²) < 4.78 is 10.1. The first-order valence-corrected chi connectivity index (χ1v) is 5.59. The number of rotatable bonds is 6. The molecule has 0 aromatic heterocycles. The lowest BCUT2D eigenvalue weighted by atomic mass is 9.89. The van der Waals surface area contributed by atoms with E-state index in [1.165, 1.54) is 0 Å². The van der Waals surface area contributed by atoms with Gasteiger partial charge >= 0.3 is 0 Å². The fraction of sp³-hybridized carbons (Fsp3) is 0.900. The maximum Gasteiger partial charge on any atom is 0.205 e. The summed E-state index contributed by atoms with van der Waals surface area (Å²) in [6, 6.07) is 0.419. The average Bonchev–Trinajstić information content (AvgIpc) is 2.25. The number of hydrogen-bond acceptors (Lipinski definition) is 4. The van der Waals surface area contributed by atoms with Gasteiger partial charge in [-0.3, -0.25) is 10.4 Å². The first kappa shape index (κ1) is 13.2. The Morgan fingerprint density at radius 1 is 1.44 bits per heavy atom. The highest BCUT2D eigenvalue weighted by Gasteiger charge is 2.29. The Balaban J connectivity index is 2.16. The van der Waals surface area contributed by atoms with Crippen LogP contribution in [0, 0.1) is 0 Å². The van der Waals surface area contributed by atoms with Crippen LogP contribution in [0.15, 0.2) is 4.99 Å². The highest BCUT2D eigenvalue weighted by atomic mass is 16.5. The molecular formula is C10H22N4O2. The van der Waals surface area contributed by atoms with Crippen molar-refractivity contribution >= 4 is 5.96 Å². The van der Waals surface area contributed by atoms with E-state index in [0.29, 0.717) is 24.7 Å². The van der Waals surface area contributed by atoms with E-state index in [-0.39, 0.29) is 0 Å². The minimum Gasteiger partial charge on any atom is -0.385 e. The second-order valence-corrected chi connectivity index (χ2v) is 3.89. The van der Waals surface area contributed by atoms with E-state index >= 15 is 0 Å². The Morgan fingerprint density at radius 3 is 2.75 bits per heavy atom. The average molecular weight is 230 g/mol. The van der Waals surface area contributed by atoms with Crippen LogP contribution in [0.3, 0.4) is 0 Å². The van der Waals surface area contributed by atoms with Crippen molar-refractivity contribution in [3.8, 4) is 0 Å². The largest absolute Gasteiger partial charge is 0.385 e. The Bertz CT molecular complexity index is 217. The monoisotopic (exact) mass is 230 g/mol. The van der Waals surface area contributed by atoms with Crippen LogP contribution in [0.2, 0.25) is 0 Å². The maximum absolute atomic E-state index is 5.38. The van der Waals surface area contributed by atoms with Crippen LogP contribution in [0.1, 0.15) is 19.3 Å². The molecule has 0 unspecified atom stereocenters. The van der Waals surface area contributed by atoms with Gasteiger partial charge in [0.25, 0.3) is 0 Å². The van der Waals surface area contributed by atoms with Crippen molar-refractivity contribution in [3.63, 3.8) is 0 Å². The molecule has 0 heterocycles. The fourth-order valence-electron chi connectivity index (χ4n) is 1.60. The Morgan fingerprint density at radius 2 is 2.19 bits per heavy atom.